The van der Waals surface area contributed by atoms with Crippen LogP contribution >= 0.6 is 22.9 Å². The molecule has 1 aromatic rings. The number of methoxy groups -OCH3 is 1. The lowest BCUT2D eigenvalue weighted by Crippen LogP contribution is -2.31. The smallest absolute Gasteiger partial charge is 0.358 e. The normalized spacial score (nSPS) is 15.4. The van der Waals surface area contributed by atoms with Gasteiger partial charge < -0.3 is 15.4 Å². The van der Waals surface area contributed by atoms with E-state index in [0.717, 1.165) is 17.7 Å². The maximum Gasteiger partial charge on any atom is 0.358 e. The van der Waals surface area contributed by atoms with E-state index in [4.69, 9.17) is 22.1 Å². The second-order valence-electron chi connectivity index (χ2n) is 5.67. The number of rotatable bonds is 9. The van der Waals surface area contributed by atoms with Gasteiger partial charge in [0.15, 0.2) is 5.71 Å². The molecule has 1 saturated carbocycles. The monoisotopic (exact) mass is 379 g/mol. The maximum absolute atomic E-state index is 12.1. The molecule has 5 nitrogen and oxygen atoms in total. The highest BCUT2D eigenvalue weighted by atomic mass is 35.5. The molecule has 1 aromatic heterocycles. The average Bonchev–Trinajstić information content (AvgIpc) is 3.34. The molecule has 0 bridgehead atoms. The topological polar surface area (TPSA) is 67.9 Å². The molecule has 1 aliphatic carbocycles. The fourth-order valence-electron chi connectivity index (χ4n) is 2.19. The van der Waals surface area contributed by atoms with Crippen LogP contribution in [-0.2, 0) is 16.1 Å². The molecular weight excluding hydrogens is 358 g/mol. The first-order valence-corrected chi connectivity index (χ1v) is 9.13. The lowest BCUT2D eigenvalue weighted by atomic mass is 10.2. The number of thiophene rings is 1. The van der Waals surface area contributed by atoms with E-state index in [1.165, 1.54) is 7.11 Å². The van der Waals surface area contributed by atoms with Crippen LogP contribution in [0.25, 0.3) is 0 Å². The summed E-state index contributed by atoms with van der Waals surface area (Å²) in [5, 5.41) is 2.05. The van der Waals surface area contributed by atoms with Crippen LogP contribution in [0.15, 0.2) is 58.3 Å². The van der Waals surface area contributed by atoms with Crippen LogP contribution < -0.4 is 5.73 Å². The van der Waals surface area contributed by atoms with Crippen LogP contribution in [0, 0.1) is 5.92 Å². The first kappa shape index (κ1) is 19.3. The summed E-state index contributed by atoms with van der Waals surface area (Å²) in [4.78, 5) is 19.4. The predicted molar refractivity (Wildman–Crippen MR) is 103 cm³/mol. The number of allylic oxidation sites excluding steroid dienone is 1. The van der Waals surface area contributed by atoms with Crippen molar-refractivity contribution in [2.24, 2.45) is 16.6 Å². The van der Waals surface area contributed by atoms with Gasteiger partial charge in [0.1, 0.15) is 10.9 Å². The van der Waals surface area contributed by atoms with E-state index < -0.39 is 5.97 Å². The Bertz CT molecular complexity index is 706. The van der Waals surface area contributed by atoms with Crippen molar-refractivity contribution in [2.75, 3.05) is 13.7 Å². The zero-order valence-corrected chi connectivity index (χ0v) is 15.8. The van der Waals surface area contributed by atoms with Gasteiger partial charge in [-0.25, -0.2) is 9.79 Å². The first-order valence-electron chi connectivity index (χ1n) is 7.87. The third kappa shape index (κ3) is 5.21. The minimum Gasteiger partial charge on any atom is -0.464 e. The summed E-state index contributed by atoms with van der Waals surface area (Å²) in [6, 6.07) is 3.97. The minimum atomic E-state index is -0.635. The fourth-order valence-corrected chi connectivity index (χ4v) is 3.15. The Kier molecular flexibility index (Phi) is 6.84. The summed E-state index contributed by atoms with van der Waals surface area (Å²) in [5.41, 5.74) is 6.85. The zero-order valence-electron chi connectivity index (χ0n) is 14.2. The maximum atomic E-state index is 12.1. The van der Waals surface area contributed by atoms with Gasteiger partial charge in [-0.2, -0.15) is 0 Å². The van der Waals surface area contributed by atoms with Gasteiger partial charge in [-0.05, 0) is 24.3 Å². The molecule has 2 N–H and O–H groups in total. The van der Waals surface area contributed by atoms with Crippen molar-refractivity contribution in [3.63, 3.8) is 0 Å². The molecule has 2 rings (SSSR count). The van der Waals surface area contributed by atoms with Crippen LogP contribution in [0.5, 0.6) is 0 Å². The molecule has 0 spiro atoms. The van der Waals surface area contributed by atoms with E-state index in [1.807, 2.05) is 22.4 Å². The summed E-state index contributed by atoms with van der Waals surface area (Å²) in [5.74, 6) is -0.0760. The van der Waals surface area contributed by atoms with Crippen molar-refractivity contribution in [2.45, 2.75) is 19.4 Å². The Hall–Kier alpha value is -2.05. The standard InChI is InChI=1S/C18H22ClN3O2S/c1-4-9-22(11-14-6-5-10-25-14)17(20)15(19)16(18(23)24-3)21-12(2)13-7-8-13/h4-6,10,13H,1-2,7-9,11,20H2,3H3/b17-15-,21-16+. The van der Waals surface area contributed by atoms with Gasteiger partial charge in [0, 0.05) is 23.0 Å². The molecule has 0 aromatic carbocycles. The fraction of sp³-hybridized carbons (Fsp3) is 0.333. The summed E-state index contributed by atoms with van der Waals surface area (Å²) in [7, 11) is 1.28. The van der Waals surface area contributed by atoms with Gasteiger partial charge in [0.05, 0.1) is 13.7 Å². The number of hydrogen-bond acceptors (Lipinski definition) is 6. The van der Waals surface area contributed by atoms with Crippen LogP contribution in [0.1, 0.15) is 17.7 Å². The number of carbonyl (C=O) groups excluding carboxylic acids is 1. The van der Waals surface area contributed by atoms with E-state index in [0.29, 0.717) is 24.7 Å². The van der Waals surface area contributed by atoms with Gasteiger partial charge in [-0.15, -0.1) is 17.9 Å². The lowest BCUT2D eigenvalue weighted by molar-refractivity contribution is -0.132. The zero-order chi connectivity index (χ0) is 18.4. The van der Waals surface area contributed by atoms with E-state index in [-0.39, 0.29) is 16.6 Å². The molecule has 0 amide bonds. The molecular formula is C18H22ClN3O2S. The van der Waals surface area contributed by atoms with Crippen molar-refractivity contribution in [3.05, 3.63) is 58.2 Å². The SMILES string of the molecule is C=CCN(Cc1cccs1)/C(N)=C(Cl)/C(=N\C(=C)C1CC1)C(=O)OC. The number of esters is 1. The van der Waals surface area contributed by atoms with Crippen LogP contribution in [0.3, 0.4) is 0 Å². The van der Waals surface area contributed by atoms with Gasteiger partial charge in [0.2, 0.25) is 0 Å². The Morgan fingerprint density at radius 2 is 2.32 bits per heavy atom. The second kappa shape index (κ2) is 8.87. The summed E-state index contributed by atoms with van der Waals surface area (Å²) in [6.07, 6.45) is 3.77. The highest BCUT2D eigenvalue weighted by Gasteiger charge is 2.28. The van der Waals surface area contributed by atoms with E-state index in [2.05, 4.69) is 18.2 Å². The van der Waals surface area contributed by atoms with Crippen molar-refractivity contribution in [3.8, 4) is 0 Å². The molecule has 134 valence electrons. The number of hydrogen-bond donors (Lipinski definition) is 1. The average molecular weight is 380 g/mol. The molecule has 1 aliphatic rings. The second-order valence-corrected chi connectivity index (χ2v) is 7.08. The molecule has 1 fully saturated rings. The van der Waals surface area contributed by atoms with E-state index in [1.54, 1.807) is 17.4 Å². The number of nitrogens with two attached hydrogens (primary N) is 1. The van der Waals surface area contributed by atoms with Gasteiger partial charge in [-0.3, -0.25) is 0 Å². The van der Waals surface area contributed by atoms with Crippen LogP contribution in [-0.4, -0.2) is 30.2 Å². The first-order chi connectivity index (χ1) is 12.0. The van der Waals surface area contributed by atoms with Crippen LogP contribution in [0.2, 0.25) is 0 Å². The quantitative estimate of drug-likeness (QED) is 0.404. The summed E-state index contributed by atoms with van der Waals surface area (Å²) < 4.78 is 4.81. The van der Waals surface area contributed by atoms with E-state index in [9.17, 15) is 4.79 Å². The molecule has 0 atom stereocenters. The Morgan fingerprint density at radius 3 is 2.84 bits per heavy atom. The lowest BCUT2D eigenvalue weighted by Gasteiger charge is -2.24. The number of aliphatic imine (C=N–C) groups is 1. The highest BCUT2D eigenvalue weighted by Crippen LogP contribution is 2.36. The largest absolute Gasteiger partial charge is 0.464 e. The molecule has 0 radical (unpaired) electrons. The Labute approximate surface area is 157 Å². The summed E-state index contributed by atoms with van der Waals surface area (Å²) >= 11 is 8.04. The third-order valence-electron chi connectivity index (χ3n) is 3.73. The minimum absolute atomic E-state index is 0.0150. The molecule has 0 saturated heterocycles. The van der Waals surface area contributed by atoms with Crippen LogP contribution in [0.4, 0.5) is 0 Å². The van der Waals surface area contributed by atoms with Crippen molar-refractivity contribution in [1.82, 2.24) is 4.90 Å². The van der Waals surface area contributed by atoms with Crippen molar-refractivity contribution >= 4 is 34.6 Å². The van der Waals surface area contributed by atoms with Gasteiger partial charge in [0.25, 0.3) is 0 Å². The number of halogens is 1. The van der Waals surface area contributed by atoms with Gasteiger partial charge >= 0.3 is 5.97 Å². The molecule has 7 heteroatoms. The Balaban J connectivity index is 2.33. The molecule has 0 unspecified atom stereocenters. The molecule has 25 heavy (non-hydrogen) atoms. The highest BCUT2D eigenvalue weighted by molar-refractivity contribution is 7.09. The summed E-state index contributed by atoms with van der Waals surface area (Å²) in [6.45, 7) is 8.71. The number of nitrogens with zero attached hydrogens (tertiary/aromatic N) is 2. The number of ether oxygens (including phenoxy) is 1. The Morgan fingerprint density at radius 1 is 1.60 bits per heavy atom. The van der Waals surface area contributed by atoms with Gasteiger partial charge in [-0.1, -0.05) is 30.3 Å². The number of carbonyl (C=O) groups is 1. The predicted octanol–water partition coefficient (Wildman–Crippen LogP) is 3.64. The molecule has 0 aliphatic heterocycles. The third-order valence-corrected chi connectivity index (χ3v) is 4.97. The van der Waals surface area contributed by atoms with E-state index >= 15 is 0 Å². The van der Waals surface area contributed by atoms with Crippen molar-refractivity contribution < 1.29 is 9.53 Å². The van der Waals surface area contributed by atoms with Crippen molar-refractivity contribution in [1.29, 1.82) is 0 Å². The molecule has 1 heterocycles.